The second-order valence-electron chi connectivity index (χ2n) is 6.23. The van der Waals surface area contributed by atoms with Crippen molar-refractivity contribution in [2.45, 2.75) is 24.3 Å². The Labute approximate surface area is 177 Å². The van der Waals surface area contributed by atoms with E-state index in [1.54, 1.807) is 12.1 Å². The minimum atomic E-state index is -4.13. The summed E-state index contributed by atoms with van der Waals surface area (Å²) in [6.07, 6.45) is 0. The molecule has 1 aliphatic rings. The van der Waals surface area contributed by atoms with Gasteiger partial charge in [-0.15, -0.1) is 0 Å². The lowest BCUT2D eigenvalue weighted by atomic mass is 9.91. The molecule has 1 heterocycles. The molecule has 29 heavy (non-hydrogen) atoms. The van der Waals surface area contributed by atoms with Gasteiger partial charge in [-0.25, -0.2) is 13.1 Å². The third kappa shape index (κ3) is 3.96. The quantitative estimate of drug-likeness (QED) is 0.692. The molecular weight excluding hydrogens is 441 g/mol. The molecule has 2 aromatic carbocycles. The Morgan fingerprint density at radius 1 is 1.07 bits per heavy atom. The van der Waals surface area contributed by atoms with Crippen molar-refractivity contribution in [2.24, 2.45) is 0 Å². The van der Waals surface area contributed by atoms with Crippen molar-refractivity contribution in [1.29, 1.82) is 0 Å². The molecule has 3 rings (SSSR count). The normalized spacial score (nSPS) is 19.1. The highest BCUT2D eigenvalue weighted by atomic mass is 35.5. The third-order valence-corrected chi connectivity index (χ3v) is 6.09. The van der Waals surface area contributed by atoms with Crippen molar-refractivity contribution in [3.8, 4) is 0 Å². The maximum absolute atomic E-state index is 13.1. The number of esters is 1. The van der Waals surface area contributed by atoms with Crippen molar-refractivity contribution >= 4 is 45.0 Å². The first-order chi connectivity index (χ1) is 13.6. The largest absolute Gasteiger partial charge is 0.456 e. The van der Waals surface area contributed by atoms with Crippen LogP contribution in [-0.2, 0) is 34.7 Å². The van der Waals surface area contributed by atoms with Crippen molar-refractivity contribution in [1.82, 2.24) is 4.72 Å². The first-order valence-corrected chi connectivity index (χ1v) is 10.5. The van der Waals surface area contributed by atoms with E-state index in [4.69, 9.17) is 32.7 Å². The van der Waals surface area contributed by atoms with Crippen LogP contribution in [0.5, 0.6) is 0 Å². The van der Waals surface area contributed by atoms with Gasteiger partial charge < -0.3 is 9.47 Å². The minimum absolute atomic E-state index is 0.0740. The van der Waals surface area contributed by atoms with E-state index in [0.717, 1.165) is 6.92 Å². The van der Waals surface area contributed by atoms with Crippen LogP contribution < -0.4 is 4.72 Å². The molecule has 0 saturated heterocycles. The smallest absolute Gasteiger partial charge is 0.308 e. The van der Waals surface area contributed by atoms with E-state index in [1.807, 2.05) is 0 Å². The van der Waals surface area contributed by atoms with Crippen LogP contribution in [-0.4, -0.2) is 20.2 Å². The highest BCUT2D eigenvalue weighted by Gasteiger charge is 2.52. The lowest BCUT2D eigenvalue weighted by Gasteiger charge is -2.25. The maximum atomic E-state index is 13.1. The molecule has 1 atom stereocenters. The molecular formula is C19H15Cl2NO6S. The van der Waals surface area contributed by atoms with Gasteiger partial charge in [0, 0.05) is 22.5 Å². The average molecular weight is 456 g/mol. The molecule has 0 fully saturated rings. The Bertz CT molecular complexity index is 1110. The summed E-state index contributed by atoms with van der Waals surface area (Å²) in [5, 5.41) is 0.255. The number of nitrogens with one attached hydrogen (secondary N) is 1. The number of carbonyl (C=O) groups excluding carboxylic acids is 2. The first kappa shape index (κ1) is 21.2. The number of rotatable bonds is 5. The van der Waals surface area contributed by atoms with Crippen LogP contribution >= 0.6 is 23.2 Å². The van der Waals surface area contributed by atoms with Crippen LogP contribution in [0.25, 0.3) is 0 Å². The third-order valence-electron chi connectivity index (χ3n) is 4.12. The van der Waals surface area contributed by atoms with Crippen LogP contribution in [0.4, 0.5) is 0 Å². The van der Waals surface area contributed by atoms with Crippen LogP contribution in [0.15, 0.2) is 65.1 Å². The summed E-state index contributed by atoms with van der Waals surface area (Å²) in [4.78, 5) is 24.5. The molecule has 0 saturated carbocycles. The van der Waals surface area contributed by atoms with Gasteiger partial charge in [0.15, 0.2) is 0 Å². The second kappa shape index (κ2) is 7.70. The van der Waals surface area contributed by atoms with Gasteiger partial charge in [-0.2, -0.15) is 0 Å². The number of carbonyl (C=O) groups is 2. The van der Waals surface area contributed by atoms with Gasteiger partial charge in [0.1, 0.15) is 0 Å². The number of ketones is 1. The Balaban J connectivity index is 2.08. The maximum Gasteiger partial charge on any atom is 0.308 e. The molecule has 0 bridgehead atoms. The standard InChI is InChI=1S/C19H15Cl2NO6S/c1-11(23)27-16-17(24)19(2,15-13(20)9-6-10-14(15)21)28-18(16)22-29(25,26)12-7-4-3-5-8-12/h3-10,22H,1-2H3. The fourth-order valence-electron chi connectivity index (χ4n) is 2.82. The summed E-state index contributed by atoms with van der Waals surface area (Å²) in [7, 11) is -4.13. The molecule has 0 spiro atoms. The fraction of sp³-hybridized carbons (Fsp3) is 0.158. The summed E-state index contributed by atoms with van der Waals surface area (Å²) in [6, 6.07) is 12.0. The highest BCUT2D eigenvalue weighted by molar-refractivity contribution is 7.89. The molecule has 0 radical (unpaired) electrons. The van der Waals surface area contributed by atoms with E-state index in [-0.39, 0.29) is 20.5 Å². The number of sulfonamides is 1. The van der Waals surface area contributed by atoms with E-state index >= 15 is 0 Å². The molecule has 152 valence electrons. The van der Waals surface area contributed by atoms with E-state index < -0.39 is 39.0 Å². The van der Waals surface area contributed by atoms with Crippen molar-refractivity contribution in [3.63, 3.8) is 0 Å². The summed E-state index contributed by atoms with van der Waals surface area (Å²) in [5.41, 5.74) is -1.69. The summed E-state index contributed by atoms with van der Waals surface area (Å²) >= 11 is 12.4. The zero-order valence-corrected chi connectivity index (χ0v) is 17.6. The number of hydrogen-bond donors (Lipinski definition) is 1. The van der Waals surface area contributed by atoms with E-state index in [9.17, 15) is 18.0 Å². The summed E-state index contributed by atoms with van der Waals surface area (Å²) in [6.45, 7) is 2.43. The van der Waals surface area contributed by atoms with E-state index in [0.29, 0.717) is 0 Å². The Morgan fingerprint density at radius 2 is 1.66 bits per heavy atom. The molecule has 7 nitrogen and oxygen atoms in total. The number of hydrogen-bond acceptors (Lipinski definition) is 6. The molecule has 1 N–H and O–H groups in total. The van der Waals surface area contributed by atoms with E-state index in [1.165, 1.54) is 43.3 Å². The predicted molar refractivity (Wildman–Crippen MR) is 105 cm³/mol. The van der Waals surface area contributed by atoms with Gasteiger partial charge in [0.05, 0.1) is 4.90 Å². The predicted octanol–water partition coefficient (Wildman–Crippen LogP) is 3.52. The van der Waals surface area contributed by atoms with Gasteiger partial charge >= 0.3 is 5.97 Å². The van der Waals surface area contributed by atoms with Gasteiger partial charge in [-0.3, -0.25) is 9.59 Å². The molecule has 1 aliphatic heterocycles. The molecule has 0 aromatic heterocycles. The highest BCUT2D eigenvalue weighted by Crippen LogP contribution is 2.44. The average Bonchev–Trinajstić information content (AvgIpc) is 2.86. The van der Waals surface area contributed by atoms with Crippen LogP contribution in [0.3, 0.4) is 0 Å². The lowest BCUT2D eigenvalue weighted by Crippen LogP contribution is -2.33. The number of halogens is 2. The Morgan fingerprint density at radius 3 is 2.21 bits per heavy atom. The SMILES string of the molecule is CC(=O)OC1=C(NS(=O)(=O)c2ccccc2)OC(C)(c2c(Cl)cccc2Cl)C1=O. The zero-order chi connectivity index (χ0) is 21.4. The van der Waals surface area contributed by atoms with Crippen LogP contribution in [0, 0.1) is 0 Å². The fourth-order valence-corrected chi connectivity index (χ4v) is 4.59. The Kier molecular flexibility index (Phi) is 5.62. The van der Waals surface area contributed by atoms with Crippen molar-refractivity contribution < 1.29 is 27.5 Å². The first-order valence-electron chi connectivity index (χ1n) is 8.25. The lowest BCUT2D eigenvalue weighted by molar-refractivity contribution is -0.142. The summed E-state index contributed by atoms with van der Waals surface area (Å²) < 4.78 is 38.2. The Hall–Kier alpha value is -2.55. The summed E-state index contributed by atoms with van der Waals surface area (Å²) in [5.74, 6) is -2.76. The van der Waals surface area contributed by atoms with Crippen molar-refractivity contribution in [2.75, 3.05) is 0 Å². The second-order valence-corrected chi connectivity index (χ2v) is 8.73. The number of benzene rings is 2. The molecule has 10 heteroatoms. The molecule has 0 amide bonds. The zero-order valence-electron chi connectivity index (χ0n) is 15.2. The molecule has 0 aliphatic carbocycles. The number of ether oxygens (including phenoxy) is 2. The van der Waals surface area contributed by atoms with Gasteiger partial charge in [0.2, 0.25) is 11.4 Å². The monoisotopic (exact) mass is 455 g/mol. The topological polar surface area (TPSA) is 98.8 Å². The molecule has 2 aromatic rings. The van der Waals surface area contributed by atoms with Crippen LogP contribution in [0.1, 0.15) is 19.4 Å². The minimum Gasteiger partial charge on any atom is -0.456 e. The van der Waals surface area contributed by atoms with Gasteiger partial charge in [-0.1, -0.05) is 47.5 Å². The van der Waals surface area contributed by atoms with Gasteiger partial charge in [0.25, 0.3) is 21.7 Å². The van der Waals surface area contributed by atoms with Crippen LogP contribution in [0.2, 0.25) is 10.0 Å². The van der Waals surface area contributed by atoms with E-state index in [2.05, 4.69) is 4.72 Å². The molecule has 1 unspecified atom stereocenters. The van der Waals surface area contributed by atoms with Crippen molar-refractivity contribution in [3.05, 3.63) is 75.8 Å². The number of Topliss-reactive ketones (excluding diaryl/α,β-unsaturated/α-hetero) is 1. The van der Waals surface area contributed by atoms with Gasteiger partial charge in [-0.05, 0) is 31.2 Å².